The van der Waals surface area contributed by atoms with Gasteiger partial charge in [-0.2, -0.15) is 0 Å². The topological polar surface area (TPSA) is 85.2 Å². The van der Waals surface area contributed by atoms with Gasteiger partial charge in [-0.3, -0.25) is 0 Å². The second-order valence-corrected chi connectivity index (χ2v) is 3.03. The predicted molar refractivity (Wildman–Crippen MR) is 51.9 cm³/mol. The van der Waals surface area contributed by atoms with Crippen LogP contribution in [0, 0.1) is 0 Å². The number of hydrogen-bond donors (Lipinski definition) is 3. The molecule has 13 heavy (non-hydrogen) atoms. The van der Waals surface area contributed by atoms with Crippen molar-refractivity contribution in [3.05, 3.63) is 23.9 Å². The Morgan fingerprint density at radius 2 is 2.23 bits per heavy atom. The van der Waals surface area contributed by atoms with Gasteiger partial charge < -0.3 is 16.6 Å². The lowest BCUT2D eigenvalue weighted by atomic mass is 10.0. The van der Waals surface area contributed by atoms with Gasteiger partial charge >= 0.3 is 0 Å². The second kappa shape index (κ2) is 4.20. The summed E-state index contributed by atoms with van der Waals surface area (Å²) in [6.45, 7) is 1.93. The summed E-state index contributed by atoms with van der Waals surface area (Å²) in [5, 5.41) is 9.67. The minimum atomic E-state index is -0.655. The molecule has 0 radical (unpaired) electrons. The number of pyridine rings is 1. The largest absolute Gasteiger partial charge is 0.387 e. The minimum absolute atomic E-state index is 0.245. The predicted octanol–water partition coefficient (Wildman–Crippen LogP) is 0.434. The quantitative estimate of drug-likeness (QED) is 0.631. The zero-order valence-electron chi connectivity index (χ0n) is 7.64. The highest BCUT2D eigenvalue weighted by atomic mass is 16.3. The third kappa shape index (κ3) is 2.40. The van der Waals surface area contributed by atoms with E-state index in [0.717, 1.165) is 6.42 Å². The molecule has 0 aliphatic rings. The smallest absolute Gasteiger partial charge is 0.123 e. The van der Waals surface area contributed by atoms with Crippen LogP contribution in [0.25, 0.3) is 0 Å². The molecule has 0 amide bonds. The number of aliphatic hydroxyl groups is 1. The maximum atomic E-state index is 9.67. The molecule has 5 N–H and O–H groups in total. The SMILES string of the molecule is CC[C@H](N)[C@H](O)c1ccc(N)nc1. The summed E-state index contributed by atoms with van der Waals surface area (Å²) in [5.74, 6) is 0.445. The van der Waals surface area contributed by atoms with Crippen LogP contribution in [0.4, 0.5) is 5.82 Å². The molecule has 0 spiro atoms. The molecular formula is C9H15N3O. The summed E-state index contributed by atoms with van der Waals surface area (Å²) in [5.41, 5.74) is 11.8. The molecule has 0 aromatic carbocycles. The molecule has 1 rings (SSSR count). The van der Waals surface area contributed by atoms with Crippen LogP contribution in [0.3, 0.4) is 0 Å². The van der Waals surface area contributed by atoms with Crippen molar-refractivity contribution in [1.82, 2.24) is 4.98 Å². The van der Waals surface area contributed by atoms with Gasteiger partial charge in [-0.15, -0.1) is 0 Å². The molecule has 4 nitrogen and oxygen atoms in total. The van der Waals surface area contributed by atoms with Crippen molar-refractivity contribution in [2.24, 2.45) is 5.73 Å². The van der Waals surface area contributed by atoms with Crippen LogP contribution < -0.4 is 11.5 Å². The molecule has 1 aromatic rings. The maximum absolute atomic E-state index is 9.67. The minimum Gasteiger partial charge on any atom is -0.387 e. The van der Waals surface area contributed by atoms with E-state index in [1.54, 1.807) is 18.3 Å². The Labute approximate surface area is 77.6 Å². The third-order valence-corrected chi connectivity index (χ3v) is 2.03. The molecule has 72 valence electrons. The molecule has 1 aromatic heterocycles. The van der Waals surface area contributed by atoms with Crippen molar-refractivity contribution in [2.75, 3.05) is 5.73 Å². The average Bonchev–Trinajstić information content (AvgIpc) is 2.17. The first-order valence-electron chi connectivity index (χ1n) is 4.30. The Balaban J connectivity index is 2.77. The number of anilines is 1. The first kappa shape index (κ1) is 9.95. The molecule has 1 heterocycles. The van der Waals surface area contributed by atoms with Gasteiger partial charge in [0, 0.05) is 17.8 Å². The fourth-order valence-electron chi connectivity index (χ4n) is 1.06. The van der Waals surface area contributed by atoms with E-state index in [-0.39, 0.29) is 6.04 Å². The molecule has 0 bridgehead atoms. The number of rotatable bonds is 3. The maximum Gasteiger partial charge on any atom is 0.123 e. The van der Waals surface area contributed by atoms with Gasteiger partial charge in [0.15, 0.2) is 0 Å². The molecule has 0 fully saturated rings. The van der Waals surface area contributed by atoms with Gasteiger partial charge in [0.05, 0.1) is 6.10 Å². The lowest BCUT2D eigenvalue weighted by Crippen LogP contribution is -2.27. The van der Waals surface area contributed by atoms with Crippen molar-refractivity contribution in [3.8, 4) is 0 Å². The second-order valence-electron chi connectivity index (χ2n) is 3.03. The number of nitrogen functional groups attached to an aromatic ring is 1. The highest BCUT2D eigenvalue weighted by Gasteiger charge is 2.14. The van der Waals surface area contributed by atoms with Crippen molar-refractivity contribution < 1.29 is 5.11 Å². The summed E-state index contributed by atoms with van der Waals surface area (Å²) in [7, 11) is 0. The van der Waals surface area contributed by atoms with E-state index in [9.17, 15) is 5.11 Å². The van der Waals surface area contributed by atoms with Gasteiger partial charge in [-0.05, 0) is 12.5 Å². The average molecular weight is 181 g/mol. The van der Waals surface area contributed by atoms with Gasteiger partial charge in [-0.1, -0.05) is 13.0 Å². The first-order chi connectivity index (χ1) is 6.15. The van der Waals surface area contributed by atoms with Gasteiger partial charge in [0.25, 0.3) is 0 Å². The fourth-order valence-corrected chi connectivity index (χ4v) is 1.06. The van der Waals surface area contributed by atoms with E-state index in [1.165, 1.54) is 0 Å². The van der Waals surface area contributed by atoms with Crippen LogP contribution in [0.15, 0.2) is 18.3 Å². The van der Waals surface area contributed by atoms with E-state index in [4.69, 9.17) is 11.5 Å². The van der Waals surface area contributed by atoms with Crippen molar-refractivity contribution in [3.63, 3.8) is 0 Å². The van der Waals surface area contributed by atoms with Crippen molar-refractivity contribution in [1.29, 1.82) is 0 Å². The van der Waals surface area contributed by atoms with E-state index < -0.39 is 6.10 Å². The number of aliphatic hydroxyl groups excluding tert-OH is 1. The molecule has 2 atom stereocenters. The van der Waals surface area contributed by atoms with E-state index in [1.807, 2.05) is 6.92 Å². The van der Waals surface area contributed by atoms with E-state index in [0.29, 0.717) is 11.4 Å². The Bertz CT molecular complexity index is 260. The van der Waals surface area contributed by atoms with E-state index in [2.05, 4.69) is 4.98 Å². The van der Waals surface area contributed by atoms with Gasteiger partial charge in [0.1, 0.15) is 5.82 Å². The number of nitrogens with zero attached hydrogens (tertiary/aromatic N) is 1. The van der Waals surface area contributed by atoms with Crippen LogP contribution in [0.2, 0.25) is 0 Å². The summed E-state index contributed by atoms with van der Waals surface area (Å²) >= 11 is 0. The van der Waals surface area contributed by atoms with Crippen molar-refractivity contribution >= 4 is 5.82 Å². The molecule has 0 saturated carbocycles. The molecule has 0 aliphatic carbocycles. The van der Waals surface area contributed by atoms with Crippen molar-refractivity contribution in [2.45, 2.75) is 25.5 Å². The van der Waals surface area contributed by atoms with E-state index >= 15 is 0 Å². The summed E-state index contributed by atoms with van der Waals surface area (Å²) < 4.78 is 0. The molecule has 0 unspecified atom stereocenters. The lowest BCUT2D eigenvalue weighted by Gasteiger charge is -2.16. The Morgan fingerprint density at radius 1 is 1.54 bits per heavy atom. The fraction of sp³-hybridized carbons (Fsp3) is 0.444. The Hall–Kier alpha value is -1.13. The first-order valence-corrected chi connectivity index (χ1v) is 4.30. The lowest BCUT2D eigenvalue weighted by molar-refractivity contribution is 0.144. The monoisotopic (exact) mass is 181 g/mol. The Kier molecular flexibility index (Phi) is 3.22. The number of aromatic nitrogens is 1. The number of nitrogens with two attached hydrogens (primary N) is 2. The standard InChI is InChI=1S/C9H15N3O/c1-2-7(10)9(13)6-3-4-8(11)12-5-6/h3-5,7,9,13H,2,10H2,1H3,(H2,11,12)/t7-,9+/m0/s1. The zero-order valence-corrected chi connectivity index (χ0v) is 7.64. The van der Waals surface area contributed by atoms with Crippen LogP contribution in [0.1, 0.15) is 25.0 Å². The highest BCUT2D eigenvalue weighted by Crippen LogP contribution is 2.16. The Morgan fingerprint density at radius 3 is 2.69 bits per heavy atom. The molecule has 4 heteroatoms. The summed E-state index contributed by atoms with van der Waals surface area (Å²) in [6.07, 6.45) is 1.62. The summed E-state index contributed by atoms with van der Waals surface area (Å²) in [6, 6.07) is 3.15. The van der Waals surface area contributed by atoms with Crippen LogP contribution in [-0.2, 0) is 0 Å². The highest BCUT2D eigenvalue weighted by molar-refractivity contribution is 5.30. The van der Waals surface area contributed by atoms with Crippen LogP contribution in [-0.4, -0.2) is 16.1 Å². The molecule has 0 aliphatic heterocycles. The normalized spacial score (nSPS) is 15.3. The third-order valence-electron chi connectivity index (χ3n) is 2.03. The van der Waals surface area contributed by atoms with Crippen LogP contribution >= 0.6 is 0 Å². The molecular weight excluding hydrogens is 166 g/mol. The van der Waals surface area contributed by atoms with Gasteiger partial charge in [-0.25, -0.2) is 4.98 Å². The molecule has 0 saturated heterocycles. The van der Waals surface area contributed by atoms with Gasteiger partial charge in [0.2, 0.25) is 0 Å². The summed E-state index contributed by atoms with van der Waals surface area (Å²) in [4.78, 5) is 3.88. The van der Waals surface area contributed by atoms with Crippen LogP contribution in [0.5, 0.6) is 0 Å². The number of hydrogen-bond acceptors (Lipinski definition) is 4. The zero-order chi connectivity index (χ0) is 9.84.